The van der Waals surface area contributed by atoms with Crippen molar-refractivity contribution in [3.63, 3.8) is 0 Å². The van der Waals surface area contributed by atoms with Crippen LogP contribution in [-0.4, -0.2) is 17.2 Å². The molecule has 4 nitrogen and oxygen atoms in total. The highest BCUT2D eigenvalue weighted by atomic mass is 35.5. The Morgan fingerprint density at radius 3 is 2.07 bits per heavy atom. The van der Waals surface area contributed by atoms with E-state index in [9.17, 15) is 9.90 Å². The van der Waals surface area contributed by atoms with Gasteiger partial charge in [-0.25, -0.2) is 4.79 Å². The Labute approximate surface area is 186 Å². The van der Waals surface area contributed by atoms with E-state index in [0.717, 1.165) is 12.0 Å². The van der Waals surface area contributed by atoms with Gasteiger partial charge < -0.3 is 5.11 Å². The summed E-state index contributed by atoms with van der Waals surface area (Å²) >= 11 is 12.1. The second kappa shape index (κ2) is 7.95. The second-order valence-corrected chi connectivity index (χ2v) is 8.27. The molecule has 1 fully saturated rings. The number of urea groups is 1. The van der Waals surface area contributed by atoms with Crippen molar-refractivity contribution in [1.82, 2.24) is 0 Å². The van der Waals surface area contributed by atoms with Crippen molar-refractivity contribution in [2.75, 3.05) is 9.80 Å². The van der Waals surface area contributed by atoms with Crippen molar-refractivity contribution < 1.29 is 9.90 Å². The van der Waals surface area contributed by atoms with Crippen LogP contribution in [0.25, 0.3) is 0 Å². The number of halogens is 2. The first-order valence-electron chi connectivity index (χ1n) is 9.82. The smallest absolute Gasteiger partial charge is 0.332 e. The summed E-state index contributed by atoms with van der Waals surface area (Å²) in [5, 5.41) is 13.2. The molecule has 154 valence electrons. The molecule has 0 saturated carbocycles. The van der Waals surface area contributed by atoms with E-state index in [1.165, 1.54) is 4.90 Å². The van der Waals surface area contributed by atoms with Gasteiger partial charge in [0.05, 0.1) is 6.04 Å². The van der Waals surface area contributed by atoms with Gasteiger partial charge in [-0.3, -0.25) is 9.80 Å². The molecule has 0 bridgehead atoms. The average molecular weight is 441 g/mol. The number of hydrogen-bond donors (Lipinski definition) is 1. The van der Waals surface area contributed by atoms with Crippen LogP contribution in [-0.2, 0) is 12.1 Å². The largest absolute Gasteiger partial charge is 0.365 e. The van der Waals surface area contributed by atoms with Crippen LogP contribution in [0, 0.1) is 0 Å². The number of nitrogens with zero attached hydrogens (tertiary/aromatic N) is 2. The molecule has 4 rings (SSSR count). The summed E-state index contributed by atoms with van der Waals surface area (Å²) in [5.41, 5.74) is 1.40. The summed E-state index contributed by atoms with van der Waals surface area (Å²) < 4.78 is 0. The van der Waals surface area contributed by atoms with Crippen LogP contribution < -0.4 is 9.80 Å². The fourth-order valence-electron chi connectivity index (χ4n) is 4.01. The number of hydrogen-bond acceptors (Lipinski definition) is 2. The highest BCUT2D eigenvalue weighted by Crippen LogP contribution is 2.44. The molecular formula is C24H22Cl2N2O2. The predicted molar refractivity (Wildman–Crippen MR) is 122 cm³/mol. The number of rotatable bonds is 4. The number of benzene rings is 3. The fraction of sp³-hybridized carbons (Fsp3) is 0.208. The summed E-state index contributed by atoms with van der Waals surface area (Å²) in [6.45, 7) is 3.91. The zero-order valence-corrected chi connectivity index (χ0v) is 18.2. The van der Waals surface area contributed by atoms with Crippen LogP contribution in [0.4, 0.5) is 16.2 Å². The summed E-state index contributed by atoms with van der Waals surface area (Å²) in [7, 11) is 0. The van der Waals surface area contributed by atoms with Crippen LogP contribution in [0.2, 0.25) is 10.0 Å². The van der Waals surface area contributed by atoms with Gasteiger partial charge in [-0.05, 0) is 67.4 Å². The molecule has 2 unspecified atom stereocenters. The third-order valence-corrected chi connectivity index (χ3v) is 6.16. The lowest BCUT2D eigenvalue weighted by molar-refractivity contribution is 0.0371. The normalized spacial score (nSPS) is 21.4. The number of aliphatic hydroxyl groups is 1. The first-order chi connectivity index (χ1) is 14.4. The van der Waals surface area contributed by atoms with Gasteiger partial charge in [0.1, 0.15) is 0 Å². The zero-order chi connectivity index (χ0) is 21.5. The lowest BCUT2D eigenvalue weighted by atomic mass is 9.92. The Morgan fingerprint density at radius 1 is 0.933 bits per heavy atom. The van der Waals surface area contributed by atoms with Crippen LogP contribution in [0.15, 0.2) is 72.8 Å². The summed E-state index contributed by atoms with van der Waals surface area (Å²) in [5.74, 6) is 0. The van der Waals surface area contributed by atoms with Gasteiger partial charge in [0, 0.05) is 27.0 Å². The molecule has 1 heterocycles. The average Bonchev–Trinajstić information content (AvgIpc) is 2.96. The molecule has 3 aromatic rings. The molecule has 30 heavy (non-hydrogen) atoms. The molecule has 0 radical (unpaired) electrons. The Balaban J connectivity index is 1.90. The third kappa shape index (κ3) is 3.35. The Morgan fingerprint density at radius 2 is 1.50 bits per heavy atom. The maximum atomic E-state index is 13.7. The van der Waals surface area contributed by atoms with Crippen LogP contribution in [0.1, 0.15) is 25.0 Å². The zero-order valence-electron chi connectivity index (χ0n) is 16.7. The van der Waals surface area contributed by atoms with Gasteiger partial charge in [-0.15, -0.1) is 0 Å². The predicted octanol–water partition coefficient (Wildman–Crippen LogP) is 6.24. The monoisotopic (exact) mass is 440 g/mol. The standard InChI is InChI=1S/C24H22Cl2N2O2/c1-3-17-5-4-6-18(15-17)24(30)16(2)27(21-11-7-19(25)8-12-21)23(29)28(24)22-13-9-20(26)10-14-22/h4-16,30H,3H2,1-2H3. The highest BCUT2D eigenvalue weighted by molar-refractivity contribution is 6.31. The number of aryl methyl sites for hydroxylation is 1. The van der Waals surface area contributed by atoms with Crippen LogP contribution in [0.5, 0.6) is 0 Å². The van der Waals surface area contributed by atoms with Gasteiger partial charge in [0.25, 0.3) is 0 Å². The molecule has 1 N–H and O–H groups in total. The molecule has 3 aromatic carbocycles. The molecule has 1 saturated heterocycles. The van der Waals surface area contributed by atoms with E-state index in [-0.39, 0.29) is 6.03 Å². The maximum absolute atomic E-state index is 13.7. The van der Waals surface area contributed by atoms with E-state index in [0.29, 0.717) is 27.0 Å². The topological polar surface area (TPSA) is 43.8 Å². The Hall–Kier alpha value is -2.53. The van der Waals surface area contributed by atoms with Crippen molar-refractivity contribution in [3.05, 3.63) is 94.0 Å². The number of carbonyl (C=O) groups excluding carboxylic acids is 1. The molecular weight excluding hydrogens is 419 g/mol. The van der Waals surface area contributed by atoms with E-state index in [2.05, 4.69) is 6.92 Å². The molecule has 0 spiro atoms. The van der Waals surface area contributed by atoms with Crippen molar-refractivity contribution in [2.24, 2.45) is 0 Å². The van der Waals surface area contributed by atoms with Crippen LogP contribution in [0.3, 0.4) is 0 Å². The van der Waals surface area contributed by atoms with Crippen molar-refractivity contribution in [2.45, 2.75) is 32.0 Å². The third-order valence-electron chi connectivity index (χ3n) is 5.66. The molecule has 2 atom stereocenters. The first-order valence-corrected chi connectivity index (χ1v) is 10.6. The molecule has 2 amide bonds. The quantitative estimate of drug-likeness (QED) is 0.521. The van der Waals surface area contributed by atoms with Crippen molar-refractivity contribution >= 4 is 40.6 Å². The highest BCUT2D eigenvalue weighted by Gasteiger charge is 2.56. The molecule has 1 aliphatic rings. The Bertz CT molecular complexity index is 1070. The van der Waals surface area contributed by atoms with Crippen molar-refractivity contribution in [3.8, 4) is 0 Å². The van der Waals surface area contributed by atoms with Crippen LogP contribution >= 0.6 is 23.2 Å². The lowest BCUT2D eigenvalue weighted by Crippen LogP contribution is -2.48. The number of carbonyl (C=O) groups is 1. The number of anilines is 2. The van der Waals surface area contributed by atoms with Gasteiger partial charge >= 0.3 is 6.03 Å². The maximum Gasteiger partial charge on any atom is 0.332 e. The van der Waals surface area contributed by atoms with E-state index >= 15 is 0 Å². The van der Waals surface area contributed by atoms with E-state index in [1.807, 2.05) is 31.2 Å². The molecule has 0 aromatic heterocycles. The molecule has 0 aliphatic carbocycles. The minimum absolute atomic E-state index is 0.323. The lowest BCUT2D eigenvalue weighted by Gasteiger charge is -2.36. The molecule has 6 heteroatoms. The molecule has 1 aliphatic heterocycles. The summed E-state index contributed by atoms with van der Waals surface area (Å²) in [6, 6.07) is 20.8. The Kier molecular flexibility index (Phi) is 5.49. The minimum atomic E-state index is -1.57. The first kappa shape index (κ1) is 20.7. The van der Waals surface area contributed by atoms with Gasteiger partial charge in [0.15, 0.2) is 5.72 Å². The van der Waals surface area contributed by atoms with E-state index in [1.54, 1.807) is 53.4 Å². The van der Waals surface area contributed by atoms with Crippen molar-refractivity contribution in [1.29, 1.82) is 0 Å². The van der Waals surface area contributed by atoms with Gasteiger partial charge in [-0.1, -0.05) is 54.4 Å². The summed E-state index contributed by atoms with van der Waals surface area (Å²) in [6.07, 6.45) is 0.827. The van der Waals surface area contributed by atoms with Gasteiger partial charge in [-0.2, -0.15) is 0 Å². The second-order valence-electron chi connectivity index (χ2n) is 7.40. The SMILES string of the molecule is CCc1cccc(C2(O)C(C)N(c3ccc(Cl)cc3)C(=O)N2c2ccc(Cl)cc2)c1. The van der Waals surface area contributed by atoms with E-state index in [4.69, 9.17) is 23.2 Å². The fourth-order valence-corrected chi connectivity index (χ4v) is 4.26. The van der Waals surface area contributed by atoms with E-state index < -0.39 is 11.8 Å². The summed E-state index contributed by atoms with van der Waals surface area (Å²) in [4.78, 5) is 16.7. The number of amides is 2. The van der Waals surface area contributed by atoms with Gasteiger partial charge in [0.2, 0.25) is 0 Å². The minimum Gasteiger partial charge on any atom is -0.365 e.